The van der Waals surface area contributed by atoms with Gasteiger partial charge in [0, 0.05) is 18.0 Å². The van der Waals surface area contributed by atoms with E-state index < -0.39 is 11.0 Å². The Hall–Kier alpha value is -1.13. The second kappa shape index (κ2) is 5.93. The van der Waals surface area contributed by atoms with E-state index in [-0.39, 0.29) is 10.8 Å². The van der Waals surface area contributed by atoms with Crippen molar-refractivity contribution >= 4 is 22.0 Å². The van der Waals surface area contributed by atoms with Crippen LogP contribution in [0.2, 0.25) is 0 Å². The summed E-state index contributed by atoms with van der Waals surface area (Å²) < 4.78 is 20.3. The van der Waals surface area contributed by atoms with Crippen LogP contribution in [0.3, 0.4) is 0 Å². The quantitative estimate of drug-likeness (QED) is 0.836. The van der Waals surface area contributed by atoms with Crippen LogP contribution in [0.25, 0.3) is 11.0 Å². The molecule has 1 aromatic heterocycles. The molecular weight excluding hydrogens is 282 g/mol. The van der Waals surface area contributed by atoms with E-state index in [1.54, 1.807) is 0 Å². The number of aryl methyl sites for hydroxylation is 1. The lowest BCUT2D eigenvalue weighted by Crippen LogP contribution is -2.36. The van der Waals surface area contributed by atoms with Gasteiger partial charge >= 0.3 is 0 Å². The molecule has 1 heterocycles. The van der Waals surface area contributed by atoms with Crippen LogP contribution < -0.4 is 0 Å². The first-order chi connectivity index (χ1) is 9.77. The molecule has 0 spiro atoms. The van der Waals surface area contributed by atoms with Crippen molar-refractivity contribution in [2.45, 2.75) is 51.8 Å². The number of fused-ring (bicyclic) bond motifs is 1. The van der Waals surface area contributed by atoms with Gasteiger partial charge in [0.15, 0.2) is 0 Å². The van der Waals surface area contributed by atoms with Gasteiger partial charge in [0.1, 0.15) is 22.3 Å². The van der Waals surface area contributed by atoms with E-state index in [1.165, 1.54) is 5.56 Å². The lowest BCUT2D eigenvalue weighted by atomic mass is 10.1. The second-order valence-electron chi connectivity index (χ2n) is 6.38. The van der Waals surface area contributed by atoms with E-state index in [1.807, 2.05) is 50.3 Å². The molecule has 2 rings (SSSR count). The van der Waals surface area contributed by atoms with Crippen molar-refractivity contribution < 1.29 is 8.63 Å². The van der Waals surface area contributed by atoms with Crippen LogP contribution >= 0.6 is 0 Å². The first-order valence-electron chi connectivity index (χ1n) is 7.42. The highest BCUT2D eigenvalue weighted by Crippen LogP contribution is 2.34. The van der Waals surface area contributed by atoms with Crippen LogP contribution in [0.4, 0.5) is 0 Å². The summed E-state index contributed by atoms with van der Waals surface area (Å²) in [5.74, 6) is 0.929. The summed E-state index contributed by atoms with van der Waals surface area (Å²) >= 11 is 0. The first kappa shape index (κ1) is 16.2. The Bertz CT molecular complexity index is 654. The highest BCUT2D eigenvalue weighted by Gasteiger charge is 2.30. The van der Waals surface area contributed by atoms with Gasteiger partial charge in [-0.25, -0.2) is 8.51 Å². The van der Waals surface area contributed by atoms with Gasteiger partial charge in [-0.1, -0.05) is 25.1 Å². The van der Waals surface area contributed by atoms with Crippen molar-refractivity contribution in [1.29, 1.82) is 0 Å². The number of benzene rings is 1. The summed E-state index contributed by atoms with van der Waals surface area (Å²) in [6, 6.07) is 8.08. The molecule has 0 radical (unpaired) electrons. The number of hydrogen-bond donors (Lipinski definition) is 0. The Morgan fingerprint density at radius 3 is 2.48 bits per heavy atom. The van der Waals surface area contributed by atoms with E-state index in [2.05, 4.69) is 19.9 Å². The average molecular weight is 307 g/mol. The third-order valence-corrected chi connectivity index (χ3v) is 5.68. The molecule has 0 fully saturated rings. The molecule has 4 heteroatoms. The molecule has 0 aliphatic carbocycles. The molecule has 0 aliphatic heterocycles. The lowest BCUT2D eigenvalue weighted by Gasteiger charge is -2.29. The Labute approximate surface area is 129 Å². The van der Waals surface area contributed by atoms with E-state index in [0.29, 0.717) is 0 Å². The van der Waals surface area contributed by atoms with Crippen molar-refractivity contribution in [3.63, 3.8) is 0 Å². The van der Waals surface area contributed by atoms with Gasteiger partial charge in [-0.3, -0.25) is 0 Å². The summed E-state index contributed by atoms with van der Waals surface area (Å²) in [7, 11) is 0.830. The maximum Gasteiger partial charge on any atom is 0.134 e. The molecule has 1 aromatic carbocycles. The average Bonchev–Trinajstić information content (AvgIpc) is 2.82. The summed E-state index contributed by atoms with van der Waals surface area (Å²) in [6.07, 6.45) is 0.909. The highest BCUT2D eigenvalue weighted by atomic mass is 32.2. The largest absolute Gasteiger partial charge is 0.459 e. The molecule has 0 amide bonds. The zero-order valence-electron chi connectivity index (χ0n) is 13.8. The first-order valence-corrected chi connectivity index (χ1v) is 8.53. The monoisotopic (exact) mass is 307 g/mol. The second-order valence-corrected chi connectivity index (χ2v) is 8.68. The fourth-order valence-corrected chi connectivity index (χ4v) is 3.81. The van der Waals surface area contributed by atoms with Crippen LogP contribution in [0, 0.1) is 0 Å². The fraction of sp³-hybridized carbons (Fsp3) is 0.529. The summed E-state index contributed by atoms with van der Waals surface area (Å²) in [4.78, 5) is 0. The molecule has 0 bridgehead atoms. The molecule has 0 saturated carbocycles. The van der Waals surface area contributed by atoms with Gasteiger partial charge in [-0.05, 0) is 40.2 Å². The maximum atomic E-state index is 12.6. The number of rotatable bonds is 4. The highest BCUT2D eigenvalue weighted by molar-refractivity contribution is 7.84. The Morgan fingerprint density at radius 2 is 1.90 bits per heavy atom. The van der Waals surface area contributed by atoms with Crippen molar-refractivity contribution in [2.24, 2.45) is 0 Å². The molecule has 116 valence electrons. The summed E-state index contributed by atoms with van der Waals surface area (Å²) in [5.41, 5.74) is 2.13. The van der Waals surface area contributed by atoms with Crippen LogP contribution in [0.5, 0.6) is 0 Å². The Balaban J connectivity index is 2.44. The molecule has 0 saturated heterocycles. The van der Waals surface area contributed by atoms with Crippen molar-refractivity contribution in [2.75, 3.05) is 7.05 Å². The maximum absolute atomic E-state index is 12.6. The normalized spacial score (nSPS) is 15.6. The topological polar surface area (TPSA) is 33.5 Å². The van der Waals surface area contributed by atoms with Crippen LogP contribution in [0.1, 0.15) is 52.0 Å². The minimum absolute atomic E-state index is 0.0209. The smallest absolute Gasteiger partial charge is 0.134 e. The van der Waals surface area contributed by atoms with Crippen molar-refractivity contribution in [3.8, 4) is 0 Å². The molecule has 2 atom stereocenters. The van der Waals surface area contributed by atoms with Gasteiger partial charge in [0.25, 0.3) is 0 Å². The number of para-hydroxylation sites is 1. The molecule has 21 heavy (non-hydrogen) atoms. The third-order valence-electron chi connectivity index (χ3n) is 3.79. The Kier molecular flexibility index (Phi) is 4.59. The van der Waals surface area contributed by atoms with E-state index >= 15 is 0 Å². The van der Waals surface area contributed by atoms with Gasteiger partial charge in [0.05, 0.1) is 10.8 Å². The predicted molar refractivity (Wildman–Crippen MR) is 89.7 cm³/mol. The van der Waals surface area contributed by atoms with Crippen LogP contribution in [-0.4, -0.2) is 20.3 Å². The lowest BCUT2D eigenvalue weighted by molar-refractivity contribution is 0.356. The van der Waals surface area contributed by atoms with Crippen LogP contribution in [-0.2, 0) is 17.4 Å². The van der Waals surface area contributed by atoms with E-state index in [4.69, 9.17) is 4.42 Å². The molecule has 2 aromatic rings. The molecular formula is C17H25NO2S. The molecule has 0 aliphatic rings. The standard InChI is InChI=1S/C17H25NO2S/c1-7-13-14-10-8-9-11-15(14)20-16(13)12(2)18(6)21(19)17(3,4)5/h8-12H,7H2,1-6H3/t12-,21-/m1/s1. The zero-order valence-corrected chi connectivity index (χ0v) is 14.6. The van der Waals surface area contributed by atoms with Crippen LogP contribution in [0.15, 0.2) is 28.7 Å². The molecule has 0 unspecified atom stereocenters. The Morgan fingerprint density at radius 1 is 1.29 bits per heavy atom. The van der Waals surface area contributed by atoms with Gasteiger partial charge in [-0.15, -0.1) is 0 Å². The number of furan rings is 1. The minimum atomic E-state index is -1.07. The molecule has 3 nitrogen and oxygen atoms in total. The summed E-state index contributed by atoms with van der Waals surface area (Å²) in [5, 5.41) is 1.16. The third kappa shape index (κ3) is 3.06. The SMILES string of the molecule is CCc1c([C@@H](C)N(C)[S@](=O)C(C)(C)C)oc2ccccc12. The number of nitrogens with zero attached hydrogens (tertiary/aromatic N) is 1. The van der Waals surface area contributed by atoms with E-state index in [9.17, 15) is 4.21 Å². The number of hydrogen-bond acceptors (Lipinski definition) is 2. The summed E-state index contributed by atoms with van der Waals surface area (Å²) in [6.45, 7) is 10.2. The van der Waals surface area contributed by atoms with Gasteiger partial charge < -0.3 is 4.42 Å². The zero-order chi connectivity index (χ0) is 15.8. The minimum Gasteiger partial charge on any atom is -0.459 e. The van der Waals surface area contributed by atoms with E-state index in [0.717, 1.165) is 23.2 Å². The van der Waals surface area contributed by atoms with Crippen molar-refractivity contribution in [3.05, 3.63) is 35.6 Å². The fourth-order valence-electron chi connectivity index (χ4n) is 2.56. The van der Waals surface area contributed by atoms with Gasteiger partial charge in [0.2, 0.25) is 0 Å². The molecule has 0 N–H and O–H groups in total. The predicted octanol–water partition coefficient (Wildman–Crippen LogP) is 4.45. The van der Waals surface area contributed by atoms with Gasteiger partial charge in [-0.2, -0.15) is 0 Å². The van der Waals surface area contributed by atoms with Crippen molar-refractivity contribution in [1.82, 2.24) is 4.31 Å².